The molecule has 25 heavy (non-hydrogen) atoms. The predicted octanol–water partition coefficient (Wildman–Crippen LogP) is 2.97. The van der Waals surface area contributed by atoms with Crippen molar-refractivity contribution >= 4 is 11.8 Å². The fourth-order valence-electron chi connectivity index (χ4n) is 3.77. The lowest BCUT2D eigenvalue weighted by atomic mass is 9.69. The first-order valence-electron chi connectivity index (χ1n) is 8.66. The lowest BCUT2D eigenvalue weighted by Crippen LogP contribution is -2.47. The summed E-state index contributed by atoms with van der Waals surface area (Å²) in [5, 5.41) is 12.3. The second-order valence-corrected chi connectivity index (χ2v) is 6.94. The van der Waals surface area contributed by atoms with Gasteiger partial charge in [-0.2, -0.15) is 0 Å². The van der Waals surface area contributed by atoms with Gasteiger partial charge >= 0.3 is 5.97 Å². The highest BCUT2D eigenvalue weighted by molar-refractivity contribution is 5.71. The molecule has 1 saturated carbocycles. The second-order valence-electron chi connectivity index (χ2n) is 6.94. The largest absolute Gasteiger partial charge is 0.481 e. The second kappa shape index (κ2) is 6.44. The van der Waals surface area contributed by atoms with Gasteiger partial charge in [0.15, 0.2) is 0 Å². The van der Waals surface area contributed by atoms with Crippen LogP contribution in [-0.2, 0) is 9.53 Å². The Balaban J connectivity index is 1.33. The summed E-state index contributed by atoms with van der Waals surface area (Å²) in [7, 11) is 0. The van der Waals surface area contributed by atoms with E-state index in [1.54, 1.807) is 12.4 Å². The van der Waals surface area contributed by atoms with Gasteiger partial charge in [-0.3, -0.25) is 9.78 Å². The monoisotopic (exact) mass is 339 g/mol. The van der Waals surface area contributed by atoms with E-state index in [2.05, 4.69) is 15.3 Å². The van der Waals surface area contributed by atoms with Gasteiger partial charge in [-0.1, -0.05) is 30.3 Å². The van der Waals surface area contributed by atoms with E-state index in [9.17, 15) is 4.79 Å². The summed E-state index contributed by atoms with van der Waals surface area (Å²) in [6, 6.07) is 9.94. The smallest absolute Gasteiger partial charge is 0.306 e. The van der Waals surface area contributed by atoms with Crippen LogP contribution in [0.2, 0.25) is 0 Å². The molecule has 1 aromatic heterocycles. The van der Waals surface area contributed by atoms with Crippen LogP contribution < -0.4 is 5.32 Å². The Morgan fingerprint density at radius 3 is 2.84 bits per heavy atom. The Morgan fingerprint density at radius 2 is 2.08 bits per heavy atom. The fourth-order valence-corrected chi connectivity index (χ4v) is 3.77. The molecule has 0 radical (unpaired) electrons. The number of benzene rings is 1. The maximum Gasteiger partial charge on any atom is 0.306 e. The fraction of sp³-hybridized carbons (Fsp3) is 0.421. The number of hydrogen-bond acceptors (Lipinski definition) is 5. The zero-order chi connectivity index (χ0) is 17.3. The maximum absolute atomic E-state index is 11.0. The first-order chi connectivity index (χ1) is 12.1. The van der Waals surface area contributed by atoms with Crippen LogP contribution in [0.4, 0.5) is 5.82 Å². The van der Waals surface area contributed by atoms with Gasteiger partial charge in [0.1, 0.15) is 5.82 Å². The molecular weight excluding hydrogens is 318 g/mol. The van der Waals surface area contributed by atoms with Gasteiger partial charge < -0.3 is 15.2 Å². The summed E-state index contributed by atoms with van der Waals surface area (Å²) in [5.74, 6) is -0.216. The number of aromatic nitrogens is 2. The van der Waals surface area contributed by atoms with E-state index in [0.29, 0.717) is 19.4 Å². The van der Waals surface area contributed by atoms with Gasteiger partial charge in [0.05, 0.1) is 35.7 Å². The molecule has 1 aliphatic heterocycles. The number of carbonyl (C=O) groups is 1. The Labute approximate surface area is 146 Å². The van der Waals surface area contributed by atoms with Crippen LogP contribution in [-0.4, -0.2) is 39.3 Å². The van der Waals surface area contributed by atoms with Crippen LogP contribution in [0.3, 0.4) is 0 Å². The first-order valence-corrected chi connectivity index (χ1v) is 8.66. The Kier molecular flexibility index (Phi) is 4.13. The predicted molar refractivity (Wildman–Crippen MR) is 93.2 cm³/mol. The average molecular weight is 339 g/mol. The number of nitrogens with zero attached hydrogens (tertiary/aromatic N) is 2. The average Bonchev–Trinajstić information content (AvgIpc) is 3.04. The SMILES string of the molecule is O=C(O)C1CC2(CCC(CNc3cncc(-c4ccccc4)n3)O2)C1. The van der Waals surface area contributed by atoms with Crippen molar-refractivity contribution in [3.05, 3.63) is 42.7 Å². The zero-order valence-corrected chi connectivity index (χ0v) is 13.9. The molecule has 1 unspecified atom stereocenters. The molecule has 1 spiro atoms. The molecule has 0 bridgehead atoms. The minimum atomic E-state index is -0.705. The molecule has 2 aromatic rings. The van der Waals surface area contributed by atoms with Gasteiger partial charge in [0.25, 0.3) is 0 Å². The maximum atomic E-state index is 11.0. The highest BCUT2D eigenvalue weighted by atomic mass is 16.5. The third kappa shape index (κ3) is 3.35. The van der Waals surface area contributed by atoms with Crippen molar-refractivity contribution in [2.24, 2.45) is 5.92 Å². The molecule has 2 aliphatic rings. The van der Waals surface area contributed by atoms with Crippen LogP contribution in [0.5, 0.6) is 0 Å². The molecule has 2 heterocycles. The normalized spacial score (nSPS) is 27.8. The lowest BCUT2D eigenvalue weighted by Gasteiger charge is -2.42. The Bertz CT molecular complexity index is 760. The Morgan fingerprint density at radius 1 is 1.28 bits per heavy atom. The van der Waals surface area contributed by atoms with Gasteiger partial charge in [0, 0.05) is 12.1 Å². The molecule has 1 aliphatic carbocycles. The van der Waals surface area contributed by atoms with Crippen molar-refractivity contribution in [1.82, 2.24) is 9.97 Å². The summed E-state index contributed by atoms with van der Waals surface area (Å²) in [4.78, 5) is 19.8. The third-order valence-corrected chi connectivity index (χ3v) is 5.14. The van der Waals surface area contributed by atoms with E-state index < -0.39 is 5.97 Å². The molecule has 2 fully saturated rings. The minimum Gasteiger partial charge on any atom is -0.481 e. The van der Waals surface area contributed by atoms with E-state index in [1.165, 1.54) is 0 Å². The van der Waals surface area contributed by atoms with E-state index in [-0.39, 0.29) is 17.6 Å². The summed E-state index contributed by atoms with van der Waals surface area (Å²) in [6.07, 6.45) is 6.73. The quantitative estimate of drug-likeness (QED) is 0.871. The number of rotatable bonds is 5. The van der Waals surface area contributed by atoms with Crippen molar-refractivity contribution in [1.29, 1.82) is 0 Å². The molecule has 2 N–H and O–H groups in total. The van der Waals surface area contributed by atoms with E-state index >= 15 is 0 Å². The van der Waals surface area contributed by atoms with Crippen LogP contribution in [0.15, 0.2) is 42.7 Å². The molecule has 6 nitrogen and oxygen atoms in total. The number of carboxylic acid groups (broad SMARTS) is 1. The standard InChI is InChI=1S/C19H21N3O3/c23-18(24)14-8-19(9-14)7-6-15(25-19)10-21-17-12-20-11-16(22-17)13-4-2-1-3-5-13/h1-5,11-12,14-15H,6-10H2,(H,21,22)(H,23,24). The molecule has 1 saturated heterocycles. The molecule has 130 valence electrons. The number of nitrogens with one attached hydrogen (secondary N) is 1. The molecule has 1 aromatic carbocycles. The number of anilines is 1. The van der Waals surface area contributed by atoms with Crippen LogP contribution in [0.25, 0.3) is 11.3 Å². The molecule has 6 heteroatoms. The molecule has 4 rings (SSSR count). The van der Waals surface area contributed by atoms with Crippen molar-refractivity contribution < 1.29 is 14.6 Å². The number of carboxylic acids is 1. The molecule has 0 amide bonds. The molecule has 1 atom stereocenters. The minimum absolute atomic E-state index is 0.0944. The van der Waals surface area contributed by atoms with Gasteiger partial charge in [0.2, 0.25) is 0 Å². The van der Waals surface area contributed by atoms with Crippen molar-refractivity contribution in [3.8, 4) is 11.3 Å². The summed E-state index contributed by atoms with van der Waals surface area (Å²) >= 11 is 0. The van der Waals surface area contributed by atoms with Crippen LogP contribution in [0, 0.1) is 5.92 Å². The summed E-state index contributed by atoms with van der Waals surface area (Å²) in [6.45, 7) is 0.659. The van der Waals surface area contributed by atoms with E-state index in [0.717, 1.165) is 29.9 Å². The molecular formula is C19H21N3O3. The summed E-state index contributed by atoms with van der Waals surface area (Å²) < 4.78 is 6.13. The van der Waals surface area contributed by atoms with Gasteiger partial charge in [-0.05, 0) is 25.7 Å². The van der Waals surface area contributed by atoms with Crippen molar-refractivity contribution in [2.45, 2.75) is 37.4 Å². The number of aliphatic carboxylic acids is 1. The number of ether oxygens (including phenoxy) is 1. The Hall–Kier alpha value is -2.47. The highest BCUT2D eigenvalue weighted by Crippen LogP contribution is 2.49. The first kappa shape index (κ1) is 16.0. The number of hydrogen-bond donors (Lipinski definition) is 2. The van der Waals surface area contributed by atoms with Crippen LogP contribution >= 0.6 is 0 Å². The van der Waals surface area contributed by atoms with Gasteiger partial charge in [-0.25, -0.2) is 4.98 Å². The van der Waals surface area contributed by atoms with Gasteiger partial charge in [-0.15, -0.1) is 0 Å². The van der Waals surface area contributed by atoms with Crippen molar-refractivity contribution in [3.63, 3.8) is 0 Å². The third-order valence-electron chi connectivity index (χ3n) is 5.14. The van der Waals surface area contributed by atoms with E-state index in [4.69, 9.17) is 9.84 Å². The topological polar surface area (TPSA) is 84.3 Å². The van der Waals surface area contributed by atoms with Crippen LogP contribution in [0.1, 0.15) is 25.7 Å². The lowest BCUT2D eigenvalue weighted by molar-refractivity contribution is -0.164. The van der Waals surface area contributed by atoms with Crippen molar-refractivity contribution in [2.75, 3.05) is 11.9 Å². The highest BCUT2D eigenvalue weighted by Gasteiger charge is 2.52. The zero-order valence-electron chi connectivity index (χ0n) is 13.9. The summed E-state index contributed by atoms with van der Waals surface area (Å²) in [5.41, 5.74) is 1.66. The van der Waals surface area contributed by atoms with E-state index in [1.807, 2.05) is 30.3 Å².